The van der Waals surface area contributed by atoms with Crippen LogP contribution in [0.5, 0.6) is 0 Å². The van der Waals surface area contributed by atoms with Gasteiger partial charge in [-0.05, 0) is 18.6 Å². The highest BCUT2D eigenvalue weighted by molar-refractivity contribution is 7.80. The van der Waals surface area contributed by atoms with Crippen LogP contribution in [-0.2, 0) is 4.74 Å². The Morgan fingerprint density at radius 3 is 2.95 bits per heavy atom. The first-order valence-electron chi connectivity index (χ1n) is 6.66. The minimum absolute atomic E-state index is 0.275. The summed E-state index contributed by atoms with van der Waals surface area (Å²) < 4.78 is 5.41. The maximum Gasteiger partial charge on any atom is 0.130 e. The predicted molar refractivity (Wildman–Crippen MR) is 85.3 cm³/mol. The summed E-state index contributed by atoms with van der Waals surface area (Å²) in [6.07, 6.45) is 1.30. The monoisotopic (exact) mass is 287 g/mol. The first-order valence-corrected chi connectivity index (χ1v) is 7.07. The van der Waals surface area contributed by atoms with E-state index in [1.165, 1.54) is 0 Å². The molecule has 3 rings (SSSR count). The summed E-state index contributed by atoms with van der Waals surface area (Å²) in [5.41, 5.74) is 7.68. The molecule has 1 aliphatic heterocycles. The summed E-state index contributed by atoms with van der Waals surface area (Å²) in [4.78, 5) is 7.36. The van der Waals surface area contributed by atoms with Crippen molar-refractivity contribution in [3.63, 3.8) is 0 Å². The van der Waals surface area contributed by atoms with Gasteiger partial charge in [-0.25, -0.2) is 4.98 Å². The largest absolute Gasteiger partial charge is 0.389 e. The third kappa shape index (κ3) is 2.34. The van der Waals surface area contributed by atoms with E-state index in [2.05, 4.69) is 4.90 Å². The fourth-order valence-corrected chi connectivity index (χ4v) is 2.82. The number of methoxy groups -OCH3 is 1. The summed E-state index contributed by atoms with van der Waals surface area (Å²) in [5, 5.41) is 1.01. The lowest BCUT2D eigenvalue weighted by Gasteiger charge is -2.19. The van der Waals surface area contributed by atoms with Gasteiger partial charge >= 0.3 is 0 Å². The average Bonchev–Trinajstić information content (AvgIpc) is 2.95. The van der Waals surface area contributed by atoms with Crippen molar-refractivity contribution in [1.29, 1.82) is 0 Å². The normalized spacial score (nSPS) is 18.6. The quantitative estimate of drug-likeness (QED) is 0.876. The number of fused-ring (bicyclic) bond motifs is 1. The lowest BCUT2D eigenvalue weighted by Crippen LogP contribution is -2.24. The van der Waals surface area contributed by atoms with Gasteiger partial charge < -0.3 is 15.4 Å². The molecule has 20 heavy (non-hydrogen) atoms. The molecule has 1 fully saturated rings. The first kappa shape index (κ1) is 13.3. The number of benzene rings is 1. The van der Waals surface area contributed by atoms with Crippen LogP contribution in [0.4, 0.5) is 5.82 Å². The molecule has 0 aliphatic carbocycles. The van der Waals surface area contributed by atoms with Crippen molar-refractivity contribution in [2.24, 2.45) is 5.73 Å². The topological polar surface area (TPSA) is 51.4 Å². The average molecular weight is 287 g/mol. The minimum atomic E-state index is 0.275. The standard InChI is InChI=1S/C15H17N3OS/c1-19-10-6-7-18(9-10)14-8-12(15(16)20)11-4-2-3-5-13(11)17-14/h2-5,8,10H,6-7,9H2,1H3,(H2,16,20). The Balaban J connectivity index is 2.06. The van der Waals surface area contributed by atoms with E-state index in [1.54, 1.807) is 7.11 Å². The second-order valence-corrected chi connectivity index (χ2v) is 5.44. The van der Waals surface area contributed by atoms with Crippen LogP contribution in [0, 0.1) is 0 Å². The zero-order valence-electron chi connectivity index (χ0n) is 11.4. The van der Waals surface area contributed by atoms with Crippen molar-refractivity contribution >= 4 is 33.9 Å². The Labute approximate surface area is 123 Å². The summed E-state index contributed by atoms with van der Waals surface area (Å²) in [7, 11) is 1.75. The molecule has 0 amide bonds. The van der Waals surface area contributed by atoms with Gasteiger partial charge in [0, 0.05) is 31.1 Å². The van der Waals surface area contributed by atoms with Crippen LogP contribution in [0.2, 0.25) is 0 Å². The number of rotatable bonds is 3. The van der Waals surface area contributed by atoms with Crippen molar-refractivity contribution in [3.8, 4) is 0 Å². The molecule has 1 atom stereocenters. The lowest BCUT2D eigenvalue weighted by atomic mass is 10.1. The summed E-state index contributed by atoms with van der Waals surface area (Å²) in [6.45, 7) is 1.80. The van der Waals surface area contributed by atoms with E-state index in [1.807, 2.05) is 30.3 Å². The number of hydrogen-bond donors (Lipinski definition) is 1. The summed E-state index contributed by atoms with van der Waals surface area (Å²) in [5.74, 6) is 0.922. The van der Waals surface area contributed by atoms with Crippen LogP contribution in [0.25, 0.3) is 10.9 Å². The van der Waals surface area contributed by atoms with Crippen molar-refractivity contribution in [1.82, 2.24) is 4.98 Å². The van der Waals surface area contributed by atoms with Crippen LogP contribution >= 0.6 is 12.2 Å². The molecule has 1 saturated heterocycles. The molecule has 104 valence electrons. The summed E-state index contributed by atoms with van der Waals surface area (Å²) >= 11 is 5.18. The van der Waals surface area contributed by atoms with Gasteiger partial charge in [-0.3, -0.25) is 0 Å². The number of ether oxygens (including phenoxy) is 1. The molecule has 2 N–H and O–H groups in total. The Bertz CT molecular complexity index is 659. The number of hydrogen-bond acceptors (Lipinski definition) is 4. The molecule has 1 aliphatic rings. The number of thiocarbonyl (C=S) groups is 1. The van der Waals surface area contributed by atoms with E-state index >= 15 is 0 Å². The Morgan fingerprint density at radius 2 is 2.25 bits per heavy atom. The third-order valence-corrected chi connectivity index (χ3v) is 3.99. The smallest absolute Gasteiger partial charge is 0.130 e. The molecule has 0 saturated carbocycles. The Kier molecular flexibility index (Phi) is 3.54. The van der Waals surface area contributed by atoms with Gasteiger partial charge in [-0.2, -0.15) is 0 Å². The second-order valence-electron chi connectivity index (χ2n) is 5.00. The van der Waals surface area contributed by atoms with Gasteiger partial charge in [0.1, 0.15) is 10.8 Å². The maximum absolute atomic E-state index is 5.86. The van der Waals surface area contributed by atoms with Crippen molar-refractivity contribution in [3.05, 3.63) is 35.9 Å². The number of para-hydroxylation sites is 1. The van der Waals surface area contributed by atoms with E-state index in [0.717, 1.165) is 41.8 Å². The maximum atomic E-state index is 5.86. The fourth-order valence-electron chi connectivity index (χ4n) is 2.66. The zero-order valence-corrected chi connectivity index (χ0v) is 12.2. The molecule has 1 unspecified atom stereocenters. The number of nitrogens with two attached hydrogens (primary N) is 1. The zero-order chi connectivity index (χ0) is 14.1. The SMILES string of the molecule is COC1CCN(c2cc(C(N)=S)c3ccccc3n2)C1. The van der Waals surface area contributed by atoms with E-state index in [-0.39, 0.29) is 6.10 Å². The van der Waals surface area contributed by atoms with Crippen molar-refractivity contribution in [2.45, 2.75) is 12.5 Å². The van der Waals surface area contributed by atoms with E-state index in [9.17, 15) is 0 Å². The van der Waals surface area contributed by atoms with Gasteiger partial charge in [-0.15, -0.1) is 0 Å². The van der Waals surface area contributed by atoms with Crippen LogP contribution in [-0.4, -0.2) is 36.3 Å². The van der Waals surface area contributed by atoms with Crippen LogP contribution in [0.1, 0.15) is 12.0 Å². The number of nitrogens with zero attached hydrogens (tertiary/aromatic N) is 2. The Morgan fingerprint density at radius 1 is 1.45 bits per heavy atom. The molecule has 5 heteroatoms. The molecular weight excluding hydrogens is 270 g/mol. The van der Waals surface area contributed by atoms with Crippen LogP contribution in [0.3, 0.4) is 0 Å². The van der Waals surface area contributed by atoms with Crippen LogP contribution < -0.4 is 10.6 Å². The van der Waals surface area contributed by atoms with Gasteiger partial charge in [-0.1, -0.05) is 30.4 Å². The molecule has 0 bridgehead atoms. The summed E-state index contributed by atoms with van der Waals surface area (Å²) in [6, 6.07) is 9.93. The highest BCUT2D eigenvalue weighted by atomic mass is 32.1. The first-order chi connectivity index (χ1) is 9.69. The number of pyridine rings is 1. The van der Waals surface area contributed by atoms with Crippen molar-refractivity contribution < 1.29 is 4.74 Å². The van der Waals surface area contributed by atoms with Gasteiger partial charge in [0.05, 0.1) is 11.6 Å². The fraction of sp³-hybridized carbons (Fsp3) is 0.333. The van der Waals surface area contributed by atoms with Gasteiger partial charge in [0.15, 0.2) is 0 Å². The predicted octanol–water partition coefficient (Wildman–Crippen LogP) is 2.09. The molecule has 0 radical (unpaired) electrons. The highest BCUT2D eigenvalue weighted by Crippen LogP contribution is 2.26. The van der Waals surface area contributed by atoms with Crippen LogP contribution in [0.15, 0.2) is 30.3 Å². The molecule has 1 aromatic heterocycles. The molecule has 2 aromatic rings. The van der Waals surface area contributed by atoms with E-state index in [0.29, 0.717) is 4.99 Å². The second kappa shape index (κ2) is 5.34. The van der Waals surface area contributed by atoms with Gasteiger partial charge in [0.2, 0.25) is 0 Å². The Hall–Kier alpha value is -1.72. The molecular formula is C15H17N3OS. The van der Waals surface area contributed by atoms with Crippen molar-refractivity contribution in [2.75, 3.05) is 25.1 Å². The lowest BCUT2D eigenvalue weighted by molar-refractivity contribution is 0.121. The van der Waals surface area contributed by atoms with E-state index in [4.69, 9.17) is 27.7 Å². The van der Waals surface area contributed by atoms with E-state index < -0.39 is 0 Å². The number of anilines is 1. The molecule has 4 nitrogen and oxygen atoms in total. The molecule has 1 aromatic carbocycles. The third-order valence-electron chi connectivity index (χ3n) is 3.77. The number of aromatic nitrogens is 1. The molecule has 0 spiro atoms. The highest BCUT2D eigenvalue weighted by Gasteiger charge is 2.24. The van der Waals surface area contributed by atoms with Gasteiger partial charge in [0.25, 0.3) is 0 Å². The molecule has 2 heterocycles. The minimum Gasteiger partial charge on any atom is -0.389 e.